The molecule has 0 aromatic rings. The van der Waals surface area contributed by atoms with Gasteiger partial charge in [0.05, 0.1) is 13.2 Å². The van der Waals surface area contributed by atoms with Crippen molar-refractivity contribution in [1.82, 2.24) is 0 Å². The molecule has 1 spiro atoms. The van der Waals surface area contributed by atoms with E-state index < -0.39 is 5.79 Å². The number of hydrogen-bond acceptors (Lipinski definition) is 3. The Bertz CT molecular complexity index is 165. The second kappa shape index (κ2) is 2.69. The Morgan fingerprint density at radius 3 is 2.25 bits per heavy atom. The van der Waals surface area contributed by atoms with Crippen LogP contribution in [-0.4, -0.2) is 30.7 Å². The monoisotopic (exact) mass is 172 g/mol. The molecule has 70 valence electrons. The predicted octanol–water partition coefficient (Wildman–Crippen LogP) is 0.912. The maximum absolute atomic E-state index is 8.77. The molecule has 2 rings (SSSR count). The molecule has 1 saturated carbocycles. The standard InChI is InChI=1S/C9H16O3/c1-8(4-5-10)11-6-9(2-3-9)7-12-8/h10H,2-7H2,1H3. The Morgan fingerprint density at radius 2 is 1.83 bits per heavy atom. The molecule has 1 N–H and O–H groups in total. The van der Waals surface area contributed by atoms with Gasteiger partial charge in [0.1, 0.15) is 0 Å². The zero-order valence-corrected chi connectivity index (χ0v) is 7.51. The fourth-order valence-corrected chi connectivity index (χ4v) is 1.51. The second-order valence-corrected chi connectivity index (χ2v) is 4.18. The van der Waals surface area contributed by atoms with Crippen molar-refractivity contribution >= 4 is 0 Å². The minimum absolute atomic E-state index is 0.128. The van der Waals surface area contributed by atoms with Crippen LogP contribution in [0.1, 0.15) is 26.2 Å². The van der Waals surface area contributed by atoms with Gasteiger partial charge in [0.15, 0.2) is 5.79 Å². The van der Waals surface area contributed by atoms with Crippen molar-refractivity contribution in [1.29, 1.82) is 0 Å². The molecule has 3 nitrogen and oxygen atoms in total. The summed E-state index contributed by atoms with van der Waals surface area (Å²) in [7, 11) is 0. The van der Waals surface area contributed by atoms with Gasteiger partial charge in [0.2, 0.25) is 0 Å². The first-order chi connectivity index (χ1) is 5.68. The molecule has 3 heteroatoms. The smallest absolute Gasteiger partial charge is 0.167 e. The number of ether oxygens (including phenoxy) is 2. The molecule has 0 unspecified atom stereocenters. The van der Waals surface area contributed by atoms with Gasteiger partial charge in [-0.2, -0.15) is 0 Å². The Labute approximate surface area is 72.7 Å². The van der Waals surface area contributed by atoms with E-state index in [0.29, 0.717) is 11.8 Å². The third kappa shape index (κ3) is 1.49. The third-order valence-electron chi connectivity index (χ3n) is 2.89. The summed E-state index contributed by atoms with van der Waals surface area (Å²) in [6.45, 7) is 3.65. The Balaban J connectivity index is 1.87. The molecule has 1 heterocycles. The van der Waals surface area contributed by atoms with Crippen molar-refractivity contribution in [3.05, 3.63) is 0 Å². The van der Waals surface area contributed by atoms with E-state index in [1.54, 1.807) is 0 Å². The Kier molecular flexibility index (Phi) is 1.90. The van der Waals surface area contributed by atoms with E-state index in [9.17, 15) is 0 Å². The number of aliphatic hydroxyl groups is 1. The summed E-state index contributed by atoms with van der Waals surface area (Å²) in [5.41, 5.74) is 0.356. The summed E-state index contributed by atoms with van der Waals surface area (Å²) in [6, 6.07) is 0. The van der Waals surface area contributed by atoms with Crippen molar-refractivity contribution in [3.63, 3.8) is 0 Å². The first-order valence-electron chi connectivity index (χ1n) is 4.57. The number of rotatable bonds is 2. The van der Waals surface area contributed by atoms with Crippen molar-refractivity contribution in [2.24, 2.45) is 5.41 Å². The lowest BCUT2D eigenvalue weighted by Gasteiger charge is -2.37. The molecule has 12 heavy (non-hydrogen) atoms. The molecule has 0 bridgehead atoms. The fraction of sp³-hybridized carbons (Fsp3) is 1.00. The lowest BCUT2D eigenvalue weighted by Crippen LogP contribution is -2.43. The summed E-state index contributed by atoms with van der Waals surface area (Å²) < 4.78 is 11.2. The quantitative estimate of drug-likeness (QED) is 0.673. The van der Waals surface area contributed by atoms with E-state index in [4.69, 9.17) is 14.6 Å². The molecule has 2 fully saturated rings. The maximum atomic E-state index is 8.77. The van der Waals surface area contributed by atoms with Crippen molar-refractivity contribution in [2.45, 2.75) is 32.0 Å². The molecule has 0 atom stereocenters. The summed E-state index contributed by atoms with van der Waals surface area (Å²) >= 11 is 0. The van der Waals surface area contributed by atoms with Crippen LogP contribution in [0, 0.1) is 5.41 Å². The Hall–Kier alpha value is -0.120. The van der Waals surface area contributed by atoms with Gasteiger partial charge < -0.3 is 14.6 Å². The molecule has 0 aromatic carbocycles. The zero-order valence-electron chi connectivity index (χ0n) is 7.51. The van der Waals surface area contributed by atoms with Crippen LogP contribution in [0.5, 0.6) is 0 Å². The van der Waals surface area contributed by atoms with Gasteiger partial charge in [0, 0.05) is 18.4 Å². The van der Waals surface area contributed by atoms with E-state index in [-0.39, 0.29) is 6.61 Å². The molecule has 0 aromatic heterocycles. The van der Waals surface area contributed by atoms with Crippen molar-refractivity contribution in [3.8, 4) is 0 Å². The highest BCUT2D eigenvalue weighted by Gasteiger charge is 2.49. The highest BCUT2D eigenvalue weighted by molar-refractivity contribution is 4.95. The highest BCUT2D eigenvalue weighted by Crippen LogP contribution is 2.50. The SMILES string of the molecule is CC1(CCO)OCC2(CC2)CO1. The predicted molar refractivity (Wildman–Crippen MR) is 43.7 cm³/mol. The van der Waals surface area contributed by atoms with Crippen LogP contribution in [-0.2, 0) is 9.47 Å². The van der Waals surface area contributed by atoms with Crippen LogP contribution in [0.3, 0.4) is 0 Å². The summed E-state index contributed by atoms with van der Waals surface area (Å²) in [5.74, 6) is -0.525. The average Bonchev–Trinajstić information content (AvgIpc) is 2.79. The van der Waals surface area contributed by atoms with E-state index in [0.717, 1.165) is 13.2 Å². The first-order valence-corrected chi connectivity index (χ1v) is 4.57. The molecule has 0 radical (unpaired) electrons. The van der Waals surface area contributed by atoms with Gasteiger partial charge >= 0.3 is 0 Å². The summed E-state index contributed by atoms with van der Waals surface area (Å²) in [6.07, 6.45) is 3.05. The van der Waals surface area contributed by atoms with E-state index >= 15 is 0 Å². The molecular weight excluding hydrogens is 156 g/mol. The largest absolute Gasteiger partial charge is 0.396 e. The summed E-state index contributed by atoms with van der Waals surface area (Å²) in [5, 5.41) is 8.77. The number of hydrogen-bond donors (Lipinski definition) is 1. The van der Waals surface area contributed by atoms with Gasteiger partial charge in [-0.25, -0.2) is 0 Å². The van der Waals surface area contributed by atoms with Crippen LogP contribution in [0.15, 0.2) is 0 Å². The summed E-state index contributed by atoms with van der Waals surface area (Å²) in [4.78, 5) is 0. The van der Waals surface area contributed by atoms with Gasteiger partial charge in [-0.3, -0.25) is 0 Å². The van der Waals surface area contributed by atoms with Crippen molar-refractivity contribution < 1.29 is 14.6 Å². The van der Waals surface area contributed by atoms with Crippen LogP contribution < -0.4 is 0 Å². The van der Waals surface area contributed by atoms with Gasteiger partial charge in [0.25, 0.3) is 0 Å². The van der Waals surface area contributed by atoms with Gasteiger partial charge in [-0.15, -0.1) is 0 Å². The lowest BCUT2D eigenvalue weighted by atomic mass is 10.1. The minimum atomic E-state index is -0.525. The Morgan fingerprint density at radius 1 is 1.25 bits per heavy atom. The minimum Gasteiger partial charge on any atom is -0.396 e. The normalized spacial score (nSPS) is 30.5. The van der Waals surface area contributed by atoms with Crippen molar-refractivity contribution in [2.75, 3.05) is 19.8 Å². The highest BCUT2D eigenvalue weighted by atomic mass is 16.7. The van der Waals surface area contributed by atoms with E-state index in [2.05, 4.69) is 0 Å². The molecule has 0 amide bonds. The lowest BCUT2D eigenvalue weighted by molar-refractivity contribution is -0.283. The first kappa shape index (κ1) is 8.48. The molecule has 2 aliphatic rings. The molecule has 1 saturated heterocycles. The van der Waals surface area contributed by atoms with Crippen LogP contribution in [0.2, 0.25) is 0 Å². The van der Waals surface area contributed by atoms with Crippen LogP contribution in [0.4, 0.5) is 0 Å². The van der Waals surface area contributed by atoms with E-state index in [1.807, 2.05) is 6.92 Å². The zero-order chi connectivity index (χ0) is 8.66. The van der Waals surface area contributed by atoms with Crippen LogP contribution in [0.25, 0.3) is 0 Å². The third-order valence-corrected chi connectivity index (χ3v) is 2.89. The maximum Gasteiger partial charge on any atom is 0.167 e. The number of aliphatic hydroxyl groups excluding tert-OH is 1. The fourth-order valence-electron chi connectivity index (χ4n) is 1.51. The topological polar surface area (TPSA) is 38.7 Å². The average molecular weight is 172 g/mol. The molecule has 1 aliphatic heterocycles. The van der Waals surface area contributed by atoms with E-state index in [1.165, 1.54) is 12.8 Å². The molecular formula is C9H16O3. The van der Waals surface area contributed by atoms with Crippen LogP contribution >= 0.6 is 0 Å². The second-order valence-electron chi connectivity index (χ2n) is 4.18. The van der Waals surface area contributed by atoms with Gasteiger partial charge in [-0.05, 0) is 19.8 Å². The molecule has 1 aliphatic carbocycles. The van der Waals surface area contributed by atoms with Gasteiger partial charge in [-0.1, -0.05) is 0 Å².